The lowest BCUT2D eigenvalue weighted by Crippen LogP contribution is -2.17. The smallest absolute Gasteiger partial charge is 0.123 e. The molecule has 0 bridgehead atoms. The van der Waals surface area contributed by atoms with Crippen LogP contribution in [0.15, 0.2) is 48.5 Å². The van der Waals surface area contributed by atoms with E-state index in [1.165, 1.54) is 11.0 Å². The van der Waals surface area contributed by atoms with Gasteiger partial charge in [0, 0.05) is 30.4 Å². The van der Waals surface area contributed by atoms with Crippen LogP contribution >= 0.6 is 8.58 Å². The number of para-hydroxylation sites is 2. The number of hydrogen-bond acceptors (Lipinski definition) is 2. The van der Waals surface area contributed by atoms with E-state index in [4.69, 9.17) is 0 Å². The number of phenols is 1. The van der Waals surface area contributed by atoms with E-state index in [2.05, 4.69) is 17.0 Å². The van der Waals surface area contributed by atoms with Crippen LogP contribution in [0.2, 0.25) is 0 Å². The molecule has 0 aliphatic carbocycles. The topological polar surface area (TPSA) is 23.5 Å². The van der Waals surface area contributed by atoms with Gasteiger partial charge in [-0.05, 0) is 12.1 Å². The Hall–Kier alpha value is -1.53. The molecule has 1 N–H and O–H groups in total. The van der Waals surface area contributed by atoms with Crippen LogP contribution in [0.1, 0.15) is 0 Å². The quantitative estimate of drug-likeness (QED) is 0.837. The van der Waals surface area contributed by atoms with Crippen molar-refractivity contribution in [2.45, 2.75) is 0 Å². The summed E-state index contributed by atoms with van der Waals surface area (Å²) < 4.78 is 0. The summed E-state index contributed by atoms with van der Waals surface area (Å²) in [4.78, 5) is 2.10. The van der Waals surface area contributed by atoms with Gasteiger partial charge in [-0.15, -0.1) is 0 Å². The molecule has 2 aromatic carbocycles. The van der Waals surface area contributed by atoms with E-state index >= 15 is 0 Å². The van der Waals surface area contributed by atoms with Crippen LogP contribution in [-0.2, 0) is 0 Å². The van der Waals surface area contributed by atoms with Gasteiger partial charge in [0.1, 0.15) is 5.75 Å². The molecule has 0 saturated carbocycles. The summed E-state index contributed by atoms with van der Waals surface area (Å²) in [7, 11) is 4.55. The molecule has 0 aliphatic rings. The predicted octanol–water partition coefficient (Wildman–Crippen LogP) is 2.09. The fraction of sp³-hybridized carbons (Fsp3) is 0.143. The van der Waals surface area contributed by atoms with Gasteiger partial charge in [0.15, 0.2) is 0 Å². The second-order valence-electron chi connectivity index (χ2n) is 4.05. The summed E-state index contributed by atoms with van der Waals surface area (Å²) in [6, 6.07) is 15.8. The van der Waals surface area contributed by atoms with Crippen LogP contribution in [0.3, 0.4) is 0 Å². The van der Waals surface area contributed by atoms with Gasteiger partial charge in [0.25, 0.3) is 0 Å². The maximum Gasteiger partial charge on any atom is 0.123 e. The molecule has 0 amide bonds. The van der Waals surface area contributed by atoms with Crippen LogP contribution < -0.4 is 15.5 Å². The number of rotatable bonds is 3. The van der Waals surface area contributed by atoms with Crippen molar-refractivity contribution in [2.24, 2.45) is 0 Å². The molecular weight excluding hydrogens is 229 g/mol. The van der Waals surface area contributed by atoms with Gasteiger partial charge in [0.05, 0.1) is 0 Å². The first-order chi connectivity index (χ1) is 8.18. The van der Waals surface area contributed by atoms with E-state index in [9.17, 15) is 5.11 Å². The van der Waals surface area contributed by atoms with E-state index in [0.29, 0.717) is 14.3 Å². The zero-order valence-corrected chi connectivity index (χ0v) is 11.0. The zero-order chi connectivity index (χ0) is 12.3. The standard InChI is InChI=1S/C14H16NOP/c1-15(2)11-7-3-5-9-13(11)17-14-10-6-4-8-12(14)16/h3-10,16-17H,1-2H3. The molecule has 0 heterocycles. The number of hydrogen-bond donors (Lipinski definition) is 1. The number of phenolic OH excluding ortho intramolecular Hbond substituents is 1. The van der Waals surface area contributed by atoms with Crippen LogP contribution in [0.25, 0.3) is 0 Å². The fourth-order valence-corrected chi connectivity index (χ4v) is 2.99. The molecule has 2 rings (SSSR count). The average Bonchev–Trinajstić information content (AvgIpc) is 2.32. The van der Waals surface area contributed by atoms with Gasteiger partial charge >= 0.3 is 0 Å². The maximum absolute atomic E-state index is 9.79. The predicted molar refractivity (Wildman–Crippen MR) is 76.5 cm³/mol. The van der Waals surface area contributed by atoms with Crippen molar-refractivity contribution in [3.8, 4) is 5.75 Å². The molecule has 1 unspecified atom stereocenters. The number of nitrogens with zero attached hydrogens (tertiary/aromatic N) is 1. The van der Waals surface area contributed by atoms with E-state index in [1.54, 1.807) is 6.07 Å². The summed E-state index contributed by atoms with van der Waals surface area (Å²) in [5.41, 5.74) is 1.20. The summed E-state index contributed by atoms with van der Waals surface area (Å²) in [5.74, 6) is 0.374. The summed E-state index contributed by atoms with van der Waals surface area (Å²) in [6.45, 7) is 0. The Morgan fingerprint density at radius 3 is 2.12 bits per heavy atom. The van der Waals surface area contributed by atoms with Crippen LogP contribution in [-0.4, -0.2) is 19.2 Å². The lowest BCUT2D eigenvalue weighted by Gasteiger charge is -2.17. The first-order valence-electron chi connectivity index (χ1n) is 5.50. The summed E-state index contributed by atoms with van der Waals surface area (Å²) in [6.07, 6.45) is 0. The lowest BCUT2D eigenvalue weighted by molar-refractivity contribution is 0.480. The minimum Gasteiger partial charge on any atom is -0.507 e. The Labute approximate surface area is 104 Å². The van der Waals surface area contributed by atoms with Crippen LogP contribution in [0.4, 0.5) is 5.69 Å². The molecule has 88 valence electrons. The van der Waals surface area contributed by atoms with E-state index in [-0.39, 0.29) is 0 Å². The Kier molecular flexibility index (Phi) is 3.65. The highest BCUT2D eigenvalue weighted by Gasteiger charge is 2.06. The van der Waals surface area contributed by atoms with Gasteiger partial charge in [0.2, 0.25) is 0 Å². The third-order valence-corrected chi connectivity index (χ3v) is 3.94. The van der Waals surface area contributed by atoms with Crippen molar-refractivity contribution in [3.63, 3.8) is 0 Å². The molecule has 0 spiro atoms. The third-order valence-electron chi connectivity index (χ3n) is 2.56. The van der Waals surface area contributed by atoms with Crippen LogP contribution in [0, 0.1) is 0 Å². The van der Waals surface area contributed by atoms with Crippen molar-refractivity contribution in [1.82, 2.24) is 0 Å². The minimum absolute atomic E-state index is 0.374. The average molecular weight is 245 g/mol. The highest BCUT2D eigenvalue weighted by molar-refractivity contribution is 7.56. The highest BCUT2D eigenvalue weighted by Crippen LogP contribution is 2.22. The first kappa shape index (κ1) is 11.9. The number of anilines is 1. The van der Waals surface area contributed by atoms with Crippen LogP contribution in [0.5, 0.6) is 5.75 Å². The van der Waals surface area contributed by atoms with Gasteiger partial charge in [-0.1, -0.05) is 45.0 Å². The zero-order valence-electron chi connectivity index (χ0n) is 10.0. The van der Waals surface area contributed by atoms with Crippen molar-refractivity contribution in [3.05, 3.63) is 48.5 Å². The van der Waals surface area contributed by atoms with Crippen molar-refractivity contribution in [2.75, 3.05) is 19.0 Å². The fourth-order valence-electron chi connectivity index (χ4n) is 1.69. The Morgan fingerprint density at radius 2 is 1.47 bits per heavy atom. The normalized spacial score (nSPS) is 10.9. The number of benzene rings is 2. The lowest BCUT2D eigenvalue weighted by atomic mass is 10.3. The second-order valence-corrected chi connectivity index (χ2v) is 5.38. The van der Waals surface area contributed by atoms with Crippen molar-refractivity contribution >= 4 is 24.9 Å². The van der Waals surface area contributed by atoms with E-state index in [1.807, 2.05) is 44.4 Å². The maximum atomic E-state index is 9.79. The molecule has 0 aliphatic heterocycles. The Balaban J connectivity index is 2.34. The molecule has 2 aromatic rings. The SMILES string of the molecule is CN(C)c1ccccc1Pc1ccccc1O. The van der Waals surface area contributed by atoms with Gasteiger partial charge in [-0.25, -0.2) is 0 Å². The largest absolute Gasteiger partial charge is 0.507 e. The molecule has 0 radical (unpaired) electrons. The summed E-state index contributed by atoms with van der Waals surface area (Å²) in [5, 5.41) is 12.0. The van der Waals surface area contributed by atoms with Gasteiger partial charge < -0.3 is 10.0 Å². The molecule has 1 atom stereocenters. The van der Waals surface area contributed by atoms with Crippen molar-refractivity contribution in [1.29, 1.82) is 0 Å². The highest BCUT2D eigenvalue weighted by atomic mass is 31.1. The summed E-state index contributed by atoms with van der Waals surface area (Å²) >= 11 is 0. The minimum atomic E-state index is 0.374. The van der Waals surface area contributed by atoms with Gasteiger partial charge in [-0.3, -0.25) is 0 Å². The molecule has 0 saturated heterocycles. The molecule has 3 heteroatoms. The van der Waals surface area contributed by atoms with E-state index in [0.717, 1.165) is 5.30 Å². The molecule has 0 aromatic heterocycles. The molecule has 2 nitrogen and oxygen atoms in total. The Morgan fingerprint density at radius 1 is 0.882 bits per heavy atom. The number of aromatic hydroxyl groups is 1. The molecule has 17 heavy (non-hydrogen) atoms. The molecule has 0 fully saturated rings. The third kappa shape index (κ3) is 2.78. The first-order valence-corrected chi connectivity index (χ1v) is 6.50. The second kappa shape index (κ2) is 5.20. The van der Waals surface area contributed by atoms with Gasteiger partial charge in [-0.2, -0.15) is 0 Å². The van der Waals surface area contributed by atoms with E-state index < -0.39 is 0 Å². The monoisotopic (exact) mass is 245 g/mol. The Bertz CT molecular complexity index is 511. The molecular formula is C14H16NOP. The van der Waals surface area contributed by atoms with Crippen molar-refractivity contribution < 1.29 is 5.11 Å².